The van der Waals surface area contributed by atoms with E-state index >= 15 is 0 Å². The second kappa shape index (κ2) is 8.57. The number of halogens is 1. The summed E-state index contributed by atoms with van der Waals surface area (Å²) in [6, 6.07) is 5.17. The first-order valence-corrected chi connectivity index (χ1v) is 11.6. The van der Waals surface area contributed by atoms with E-state index in [1.54, 1.807) is 32.4 Å². The lowest BCUT2D eigenvalue weighted by atomic mass is 9.56. The number of carbonyl (C=O) groups is 1. The van der Waals surface area contributed by atoms with Crippen LogP contribution < -0.4 is 20.3 Å². The van der Waals surface area contributed by atoms with Crippen molar-refractivity contribution in [1.82, 2.24) is 19.9 Å². The molecule has 10 heteroatoms. The van der Waals surface area contributed by atoms with Crippen molar-refractivity contribution >= 4 is 34.5 Å². The molecule has 2 fully saturated rings. The third-order valence-corrected chi connectivity index (χ3v) is 7.40. The summed E-state index contributed by atoms with van der Waals surface area (Å²) in [4.78, 5) is 38.9. The first-order chi connectivity index (χ1) is 16.8. The number of H-pyrrole nitrogens is 1. The molecule has 1 spiro atoms. The van der Waals surface area contributed by atoms with Crippen molar-refractivity contribution in [2.24, 2.45) is 5.41 Å². The highest BCUT2D eigenvalue weighted by molar-refractivity contribution is 6.35. The van der Waals surface area contributed by atoms with Gasteiger partial charge < -0.3 is 24.7 Å². The number of benzene rings is 1. The zero-order valence-corrected chi connectivity index (χ0v) is 20.5. The number of aromatic amines is 1. The highest BCUT2D eigenvalue weighted by atomic mass is 35.5. The van der Waals surface area contributed by atoms with Crippen LogP contribution in [0, 0.1) is 5.41 Å². The van der Waals surface area contributed by atoms with Crippen molar-refractivity contribution in [2.75, 3.05) is 39.7 Å². The molecule has 182 valence electrons. The number of hydrogen-bond acceptors (Lipinski definition) is 7. The molecule has 3 aromatic rings. The Balaban J connectivity index is 1.57. The van der Waals surface area contributed by atoms with Gasteiger partial charge in [0.15, 0.2) is 0 Å². The molecule has 5 rings (SSSR count). The van der Waals surface area contributed by atoms with Gasteiger partial charge in [0.25, 0.3) is 5.56 Å². The lowest BCUT2D eigenvalue weighted by Gasteiger charge is -2.58. The van der Waals surface area contributed by atoms with Gasteiger partial charge in [-0.25, -0.2) is 4.98 Å². The summed E-state index contributed by atoms with van der Waals surface area (Å²) in [6.45, 7) is 5.04. The molecule has 1 aliphatic heterocycles. The van der Waals surface area contributed by atoms with Crippen LogP contribution >= 0.6 is 11.6 Å². The number of carbonyl (C=O) groups excluding carboxylic acids is 1. The quantitative estimate of drug-likeness (QED) is 0.503. The molecule has 3 heterocycles. The Labute approximate surface area is 207 Å². The van der Waals surface area contributed by atoms with Gasteiger partial charge in [-0.2, -0.15) is 4.98 Å². The lowest BCUT2D eigenvalue weighted by molar-refractivity contribution is -0.146. The van der Waals surface area contributed by atoms with Crippen LogP contribution in [0.5, 0.6) is 11.5 Å². The zero-order valence-electron chi connectivity index (χ0n) is 19.8. The topological polar surface area (TPSA) is 109 Å². The minimum atomic E-state index is -0.330. The predicted octanol–water partition coefficient (Wildman–Crippen LogP) is 3.59. The van der Waals surface area contributed by atoms with Gasteiger partial charge in [-0.05, 0) is 31.1 Å². The Bertz CT molecular complexity index is 1410. The molecule has 0 radical (unpaired) electrons. The second-order valence-electron chi connectivity index (χ2n) is 9.15. The molecule has 1 amide bonds. The predicted molar refractivity (Wildman–Crippen MR) is 134 cm³/mol. The third kappa shape index (κ3) is 3.80. The van der Waals surface area contributed by atoms with Gasteiger partial charge in [-0.3, -0.25) is 9.59 Å². The van der Waals surface area contributed by atoms with Crippen LogP contribution in [-0.4, -0.2) is 60.1 Å². The van der Waals surface area contributed by atoms with Crippen molar-refractivity contribution in [3.8, 4) is 22.6 Å². The highest BCUT2D eigenvalue weighted by Gasteiger charge is 2.54. The lowest BCUT2D eigenvalue weighted by Crippen LogP contribution is -2.63. The summed E-state index contributed by atoms with van der Waals surface area (Å²) >= 11 is 6.59. The molecule has 2 aliphatic rings. The van der Waals surface area contributed by atoms with E-state index in [4.69, 9.17) is 26.1 Å². The van der Waals surface area contributed by atoms with Gasteiger partial charge in [0, 0.05) is 54.0 Å². The average molecular weight is 496 g/mol. The van der Waals surface area contributed by atoms with Gasteiger partial charge in [0.2, 0.25) is 11.9 Å². The fraction of sp³-hybridized carbons (Fsp3) is 0.360. The minimum Gasteiger partial charge on any atom is -0.497 e. The molecule has 1 saturated heterocycles. The van der Waals surface area contributed by atoms with Crippen molar-refractivity contribution in [1.29, 1.82) is 0 Å². The molecule has 1 saturated carbocycles. The number of amides is 1. The van der Waals surface area contributed by atoms with Crippen LogP contribution in [-0.2, 0) is 4.79 Å². The van der Waals surface area contributed by atoms with E-state index in [2.05, 4.69) is 21.9 Å². The molecule has 1 aliphatic carbocycles. The number of fused-ring (bicyclic) bond motifs is 1. The molecule has 9 nitrogen and oxygen atoms in total. The van der Waals surface area contributed by atoms with E-state index in [9.17, 15) is 9.59 Å². The smallest absolute Gasteiger partial charge is 0.257 e. The number of aromatic nitrogens is 3. The number of hydrogen-bond donors (Lipinski definition) is 2. The summed E-state index contributed by atoms with van der Waals surface area (Å²) in [5.74, 6) is 1.52. The Morgan fingerprint density at radius 1 is 1.23 bits per heavy atom. The molecule has 2 aromatic heterocycles. The van der Waals surface area contributed by atoms with E-state index in [1.807, 2.05) is 4.90 Å². The standard InChI is InChI=1S/C25H26ClN5O4/c1-5-19(32)31-11-25(12-31)9-13(10-25)21-17-8-16(23(33)29-22(17)30-24(27-2)28-21)15-6-14(34-3)7-18(35-4)20(15)26/h5-8,13H,1,9-12H2,2-4H3,(H2,27,28,29,30,33). The van der Waals surface area contributed by atoms with Crippen LogP contribution in [0.25, 0.3) is 22.2 Å². The maximum absolute atomic E-state index is 13.1. The van der Waals surface area contributed by atoms with Crippen LogP contribution in [0.2, 0.25) is 5.02 Å². The normalized spacial score (nSPS) is 16.5. The van der Waals surface area contributed by atoms with E-state index in [-0.39, 0.29) is 22.8 Å². The maximum atomic E-state index is 13.1. The van der Waals surface area contributed by atoms with E-state index in [0.717, 1.165) is 37.0 Å². The van der Waals surface area contributed by atoms with Crippen molar-refractivity contribution in [2.45, 2.75) is 18.8 Å². The maximum Gasteiger partial charge on any atom is 0.257 e. The second-order valence-corrected chi connectivity index (χ2v) is 9.53. The van der Waals surface area contributed by atoms with Gasteiger partial charge in [-0.15, -0.1) is 0 Å². The summed E-state index contributed by atoms with van der Waals surface area (Å²) in [5, 5.41) is 4.06. The van der Waals surface area contributed by atoms with Crippen molar-refractivity contribution < 1.29 is 14.3 Å². The summed E-state index contributed by atoms with van der Waals surface area (Å²) < 4.78 is 10.8. The summed E-state index contributed by atoms with van der Waals surface area (Å²) in [6.07, 6.45) is 3.17. The number of ether oxygens (including phenoxy) is 2. The largest absolute Gasteiger partial charge is 0.497 e. The number of nitrogens with zero attached hydrogens (tertiary/aromatic N) is 3. The summed E-state index contributed by atoms with van der Waals surface area (Å²) in [5.41, 5.74) is 1.98. The van der Waals surface area contributed by atoms with Crippen LogP contribution in [0.1, 0.15) is 24.5 Å². The molecule has 1 aromatic carbocycles. The highest BCUT2D eigenvalue weighted by Crippen LogP contribution is 2.56. The van der Waals surface area contributed by atoms with Crippen LogP contribution in [0.15, 0.2) is 35.6 Å². The van der Waals surface area contributed by atoms with Crippen molar-refractivity contribution in [3.63, 3.8) is 0 Å². The fourth-order valence-corrected chi connectivity index (χ4v) is 5.54. The number of nitrogens with one attached hydrogen (secondary N) is 2. The van der Waals surface area contributed by atoms with Gasteiger partial charge in [0.1, 0.15) is 17.1 Å². The van der Waals surface area contributed by atoms with Crippen molar-refractivity contribution in [3.05, 3.63) is 51.9 Å². The molecule has 0 bridgehead atoms. The van der Waals surface area contributed by atoms with E-state index in [1.165, 1.54) is 13.2 Å². The van der Waals surface area contributed by atoms with Crippen LogP contribution in [0.3, 0.4) is 0 Å². The monoisotopic (exact) mass is 495 g/mol. The minimum absolute atomic E-state index is 0.0307. The molecule has 0 unspecified atom stereocenters. The third-order valence-electron chi connectivity index (χ3n) is 7.01. The summed E-state index contributed by atoms with van der Waals surface area (Å²) in [7, 11) is 4.79. The van der Waals surface area contributed by atoms with E-state index in [0.29, 0.717) is 39.2 Å². The Morgan fingerprint density at radius 3 is 2.60 bits per heavy atom. The Hall–Kier alpha value is -3.59. The Morgan fingerprint density at radius 2 is 1.97 bits per heavy atom. The number of rotatable bonds is 6. The molecule has 2 N–H and O–H groups in total. The first kappa shape index (κ1) is 23.2. The average Bonchev–Trinajstić information content (AvgIpc) is 2.81. The fourth-order valence-electron chi connectivity index (χ4n) is 5.25. The van der Waals surface area contributed by atoms with Gasteiger partial charge in [-0.1, -0.05) is 18.2 Å². The Kier molecular flexibility index (Phi) is 5.67. The number of anilines is 1. The van der Waals surface area contributed by atoms with Crippen LogP contribution in [0.4, 0.5) is 5.95 Å². The first-order valence-electron chi connectivity index (χ1n) is 11.3. The SMILES string of the molecule is C=CC(=O)N1CC2(CC(c3nc(NC)nc4[nH]c(=O)c(-c5cc(OC)cc(OC)c5Cl)cc34)C2)C1. The molecule has 35 heavy (non-hydrogen) atoms. The number of pyridine rings is 1. The van der Waals surface area contributed by atoms with Gasteiger partial charge >= 0.3 is 0 Å². The van der Waals surface area contributed by atoms with Gasteiger partial charge in [0.05, 0.1) is 24.9 Å². The number of likely N-dealkylation sites (tertiary alicyclic amines) is 1. The zero-order chi connectivity index (χ0) is 24.9. The molecular formula is C25H26ClN5O4. The van der Waals surface area contributed by atoms with E-state index < -0.39 is 0 Å². The molecule has 0 atom stereocenters. The number of methoxy groups -OCH3 is 2. The molecular weight excluding hydrogens is 470 g/mol.